The number of ether oxygens (including phenoxy) is 1. The zero-order valence-electron chi connectivity index (χ0n) is 13.6. The van der Waals surface area contributed by atoms with Crippen molar-refractivity contribution in [3.63, 3.8) is 0 Å². The number of hydrogen-bond acceptors (Lipinski definition) is 2. The molecule has 0 heterocycles. The smallest absolute Gasteiger partial charge is 0.124 e. The van der Waals surface area contributed by atoms with E-state index < -0.39 is 0 Å². The first-order chi connectivity index (χ1) is 11.0. The van der Waals surface area contributed by atoms with E-state index in [0.29, 0.717) is 17.5 Å². The van der Waals surface area contributed by atoms with E-state index in [1.54, 1.807) is 6.07 Å². The van der Waals surface area contributed by atoms with Gasteiger partial charge in [0.25, 0.3) is 0 Å². The third-order valence-electron chi connectivity index (χ3n) is 3.54. The molecule has 0 spiro atoms. The van der Waals surface area contributed by atoms with Gasteiger partial charge in [0.15, 0.2) is 0 Å². The topological polar surface area (TPSA) is 21.3 Å². The molecule has 124 valence electrons. The summed E-state index contributed by atoms with van der Waals surface area (Å²) in [5.41, 5.74) is 1.95. The number of rotatable bonds is 8. The minimum Gasteiger partial charge on any atom is -0.489 e. The molecule has 2 nitrogen and oxygen atoms in total. The van der Waals surface area contributed by atoms with Gasteiger partial charge in [-0.05, 0) is 48.7 Å². The van der Waals surface area contributed by atoms with Crippen LogP contribution in [0.25, 0.3) is 0 Å². The highest BCUT2D eigenvalue weighted by atomic mass is 35.5. The molecular weight excluding hydrogens is 313 g/mol. The molecule has 0 radical (unpaired) electrons. The van der Waals surface area contributed by atoms with Crippen molar-refractivity contribution in [3.8, 4) is 5.75 Å². The maximum Gasteiger partial charge on any atom is 0.124 e. The molecule has 0 saturated heterocycles. The molecule has 0 aliphatic heterocycles. The van der Waals surface area contributed by atoms with Crippen LogP contribution in [0.15, 0.2) is 42.5 Å². The summed E-state index contributed by atoms with van der Waals surface area (Å²) in [5, 5.41) is 3.82. The molecule has 0 bridgehead atoms. The van der Waals surface area contributed by atoms with Crippen molar-refractivity contribution >= 4 is 11.6 Å². The zero-order valence-corrected chi connectivity index (χ0v) is 14.4. The average molecular weight is 336 g/mol. The highest BCUT2D eigenvalue weighted by Crippen LogP contribution is 2.20. The molecule has 0 amide bonds. The first kappa shape index (κ1) is 17.8. The molecule has 2 aromatic rings. The SMILES string of the molecule is CC(C)CCNCc1cccc(OCc2ccc(F)cc2Cl)c1. The summed E-state index contributed by atoms with van der Waals surface area (Å²) in [7, 11) is 0. The first-order valence-corrected chi connectivity index (χ1v) is 8.29. The minimum absolute atomic E-state index is 0.323. The molecule has 23 heavy (non-hydrogen) atoms. The molecule has 0 atom stereocenters. The van der Waals surface area contributed by atoms with Crippen molar-refractivity contribution in [3.05, 3.63) is 64.4 Å². The standard InChI is InChI=1S/C19H23ClFNO/c1-14(2)8-9-22-12-15-4-3-5-18(10-15)23-13-16-6-7-17(21)11-19(16)20/h3-7,10-11,14,22H,8-9,12-13H2,1-2H3. The molecule has 0 aromatic heterocycles. The highest BCUT2D eigenvalue weighted by molar-refractivity contribution is 6.31. The van der Waals surface area contributed by atoms with Gasteiger partial charge < -0.3 is 10.1 Å². The van der Waals surface area contributed by atoms with Crippen LogP contribution >= 0.6 is 11.6 Å². The Balaban J connectivity index is 1.87. The highest BCUT2D eigenvalue weighted by Gasteiger charge is 2.04. The van der Waals surface area contributed by atoms with E-state index in [-0.39, 0.29) is 5.82 Å². The van der Waals surface area contributed by atoms with Crippen LogP contribution in [0.5, 0.6) is 5.75 Å². The van der Waals surface area contributed by atoms with Crippen molar-refractivity contribution in [1.82, 2.24) is 5.32 Å². The molecule has 0 unspecified atom stereocenters. The van der Waals surface area contributed by atoms with E-state index in [0.717, 1.165) is 24.4 Å². The van der Waals surface area contributed by atoms with Crippen molar-refractivity contribution in [1.29, 1.82) is 0 Å². The van der Waals surface area contributed by atoms with Gasteiger partial charge in [0.05, 0.1) is 5.02 Å². The quantitative estimate of drug-likeness (QED) is 0.670. The van der Waals surface area contributed by atoms with E-state index >= 15 is 0 Å². The lowest BCUT2D eigenvalue weighted by Gasteiger charge is -2.10. The first-order valence-electron chi connectivity index (χ1n) is 7.91. The summed E-state index contributed by atoms with van der Waals surface area (Å²) in [6.07, 6.45) is 1.17. The van der Waals surface area contributed by atoms with E-state index in [4.69, 9.17) is 16.3 Å². The fourth-order valence-corrected chi connectivity index (χ4v) is 2.39. The van der Waals surface area contributed by atoms with Gasteiger partial charge in [-0.15, -0.1) is 0 Å². The Hall–Kier alpha value is -1.58. The Morgan fingerprint density at radius 1 is 1.17 bits per heavy atom. The second kappa shape index (κ2) is 8.90. The zero-order chi connectivity index (χ0) is 16.7. The van der Waals surface area contributed by atoms with Crippen molar-refractivity contribution in [2.75, 3.05) is 6.54 Å². The fourth-order valence-electron chi connectivity index (χ4n) is 2.17. The fraction of sp³-hybridized carbons (Fsp3) is 0.368. The van der Waals surface area contributed by atoms with Crippen LogP contribution in [0.2, 0.25) is 5.02 Å². The van der Waals surface area contributed by atoms with Crippen LogP contribution in [0.3, 0.4) is 0 Å². The van der Waals surface area contributed by atoms with Gasteiger partial charge in [-0.1, -0.05) is 43.6 Å². The van der Waals surface area contributed by atoms with Crippen LogP contribution in [0.4, 0.5) is 4.39 Å². The molecular formula is C19H23ClFNO. The van der Waals surface area contributed by atoms with E-state index in [2.05, 4.69) is 25.2 Å². The monoisotopic (exact) mass is 335 g/mol. The van der Waals surface area contributed by atoms with Crippen molar-refractivity contribution < 1.29 is 9.13 Å². The van der Waals surface area contributed by atoms with Crippen LogP contribution in [-0.2, 0) is 13.2 Å². The lowest BCUT2D eigenvalue weighted by atomic mass is 10.1. The summed E-state index contributed by atoms with van der Waals surface area (Å²) in [6.45, 7) is 6.59. The second-order valence-electron chi connectivity index (χ2n) is 6.03. The van der Waals surface area contributed by atoms with Crippen LogP contribution in [0, 0.1) is 11.7 Å². The second-order valence-corrected chi connectivity index (χ2v) is 6.44. The van der Waals surface area contributed by atoms with E-state index in [9.17, 15) is 4.39 Å². The third-order valence-corrected chi connectivity index (χ3v) is 3.89. The third kappa shape index (κ3) is 6.20. The van der Waals surface area contributed by atoms with Gasteiger partial charge in [0, 0.05) is 12.1 Å². The maximum atomic E-state index is 13.0. The minimum atomic E-state index is -0.340. The van der Waals surface area contributed by atoms with Crippen molar-refractivity contribution in [2.24, 2.45) is 5.92 Å². The lowest BCUT2D eigenvalue weighted by molar-refractivity contribution is 0.305. The number of halogens is 2. The Morgan fingerprint density at radius 3 is 2.74 bits per heavy atom. The van der Waals surface area contributed by atoms with Crippen molar-refractivity contribution in [2.45, 2.75) is 33.4 Å². The predicted molar refractivity (Wildman–Crippen MR) is 93.3 cm³/mol. The van der Waals surface area contributed by atoms with Gasteiger partial charge in [-0.3, -0.25) is 0 Å². The maximum absolute atomic E-state index is 13.0. The van der Waals surface area contributed by atoms with Gasteiger partial charge in [0.1, 0.15) is 18.2 Å². The normalized spacial score (nSPS) is 11.0. The van der Waals surface area contributed by atoms with E-state index in [1.807, 2.05) is 18.2 Å². The lowest BCUT2D eigenvalue weighted by Crippen LogP contribution is -2.16. The number of hydrogen-bond donors (Lipinski definition) is 1. The summed E-state index contributed by atoms with van der Waals surface area (Å²) in [6, 6.07) is 12.3. The summed E-state index contributed by atoms with van der Waals surface area (Å²) >= 11 is 6.01. The van der Waals surface area contributed by atoms with Gasteiger partial charge in [0.2, 0.25) is 0 Å². The Labute approximate surface area is 142 Å². The summed E-state index contributed by atoms with van der Waals surface area (Å²) in [4.78, 5) is 0. The summed E-state index contributed by atoms with van der Waals surface area (Å²) in [5.74, 6) is 1.15. The predicted octanol–water partition coefficient (Wildman–Crippen LogP) is 5.19. The van der Waals surface area contributed by atoms with Crippen LogP contribution in [-0.4, -0.2) is 6.54 Å². The Kier molecular flexibility index (Phi) is 6.87. The average Bonchev–Trinajstić information content (AvgIpc) is 2.51. The Morgan fingerprint density at radius 2 is 2.00 bits per heavy atom. The molecule has 1 N–H and O–H groups in total. The van der Waals surface area contributed by atoms with Gasteiger partial charge in [-0.2, -0.15) is 0 Å². The summed E-state index contributed by atoms with van der Waals surface area (Å²) < 4.78 is 18.8. The molecule has 2 rings (SSSR count). The van der Waals surface area contributed by atoms with Crippen LogP contribution in [0.1, 0.15) is 31.4 Å². The molecule has 0 fully saturated rings. The largest absolute Gasteiger partial charge is 0.489 e. The molecule has 0 aliphatic rings. The number of nitrogens with one attached hydrogen (secondary N) is 1. The molecule has 2 aromatic carbocycles. The number of benzene rings is 2. The van der Waals surface area contributed by atoms with Gasteiger partial charge >= 0.3 is 0 Å². The Bertz CT molecular complexity index is 631. The molecule has 0 saturated carbocycles. The van der Waals surface area contributed by atoms with Gasteiger partial charge in [-0.25, -0.2) is 4.39 Å². The van der Waals surface area contributed by atoms with Crippen LogP contribution < -0.4 is 10.1 Å². The molecule has 4 heteroatoms. The van der Waals surface area contributed by atoms with E-state index in [1.165, 1.54) is 24.1 Å². The molecule has 0 aliphatic carbocycles.